The molecule has 0 aliphatic rings. The molecule has 28 heavy (non-hydrogen) atoms. The highest BCUT2D eigenvalue weighted by Crippen LogP contribution is 2.34. The second-order valence-electron chi connectivity index (χ2n) is 6.54. The summed E-state index contributed by atoms with van der Waals surface area (Å²) in [5.41, 5.74) is 2.40. The van der Waals surface area contributed by atoms with Gasteiger partial charge < -0.3 is 4.74 Å². The van der Waals surface area contributed by atoms with Crippen LogP contribution >= 0.6 is 0 Å². The minimum absolute atomic E-state index is 0.0317. The fraction of sp³-hybridized carbons (Fsp3) is 0.182. The lowest BCUT2D eigenvalue weighted by Crippen LogP contribution is -2.33. The zero-order valence-electron chi connectivity index (χ0n) is 16.0. The zero-order chi connectivity index (χ0) is 20.3. The molecular weight excluding hydrogens is 377 g/mol. The van der Waals surface area contributed by atoms with Gasteiger partial charge in [-0.25, -0.2) is 12.8 Å². The van der Waals surface area contributed by atoms with Crippen LogP contribution in [0.3, 0.4) is 0 Å². The molecule has 0 bridgehead atoms. The predicted octanol–water partition coefficient (Wildman–Crippen LogP) is 5.10. The van der Waals surface area contributed by atoms with E-state index in [1.807, 2.05) is 38.1 Å². The van der Waals surface area contributed by atoms with Crippen LogP contribution in [0.25, 0.3) is 0 Å². The maximum absolute atomic E-state index is 13.5. The molecule has 0 saturated heterocycles. The number of aryl methyl sites for hydroxylation is 1. The van der Waals surface area contributed by atoms with E-state index in [1.165, 1.54) is 16.4 Å². The van der Waals surface area contributed by atoms with Gasteiger partial charge in [0.25, 0.3) is 10.0 Å². The molecular formula is C22H22FNO3S. The Kier molecular flexibility index (Phi) is 5.70. The lowest BCUT2D eigenvalue weighted by atomic mass is 10.1. The van der Waals surface area contributed by atoms with Crippen molar-refractivity contribution >= 4 is 15.7 Å². The molecule has 0 aromatic heterocycles. The van der Waals surface area contributed by atoms with Crippen LogP contribution in [0.5, 0.6) is 5.75 Å². The molecule has 0 aliphatic heterocycles. The van der Waals surface area contributed by atoms with Gasteiger partial charge in [-0.05, 0) is 67.9 Å². The topological polar surface area (TPSA) is 46.6 Å². The first-order valence-corrected chi connectivity index (χ1v) is 10.3. The summed E-state index contributed by atoms with van der Waals surface area (Å²) in [6.45, 7) is 3.79. The second kappa shape index (κ2) is 8.02. The third-order valence-electron chi connectivity index (χ3n) is 4.57. The first kappa shape index (κ1) is 19.9. The molecule has 3 aromatic carbocycles. The quantitative estimate of drug-likeness (QED) is 0.579. The summed E-state index contributed by atoms with van der Waals surface area (Å²) in [5, 5.41) is 0. The van der Waals surface area contributed by atoms with E-state index in [1.54, 1.807) is 31.4 Å². The first-order chi connectivity index (χ1) is 13.3. The van der Waals surface area contributed by atoms with Gasteiger partial charge in [-0.2, -0.15) is 0 Å². The summed E-state index contributed by atoms with van der Waals surface area (Å²) in [6.07, 6.45) is 0. The van der Waals surface area contributed by atoms with Crippen molar-refractivity contribution in [2.24, 2.45) is 0 Å². The van der Waals surface area contributed by atoms with E-state index in [0.29, 0.717) is 11.4 Å². The van der Waals surface area contributed by atoms with Crippen molar-refractivity contribution in [2.75, 3.05) is 11.4 Å². The third-order valence-corrected chi connectivity index (χ3v) is 6.49. The molecule has 6 heteroatoms. The highest BCUT2D eigenvalue weighted by molar-refractivity contribution is 7.92. The van der Waals surface area contributed by atoms with E-state index in [4.69, 9.17) is 4.74 Å². The number of nitrogens with zero attached hydrogens (tertiary/aromatic N) is 1. The van der Waals surface area contributed by atoms with E-state index in [-0.39, 0.29) is 4.90 Å². The maximum atomic E-state index is 13.5. The van der Waals surface area contributed by atoms with E-state index in [9.17, 15) is 12.8 Å². The fourth-order valence-corrected chi connectivity index (χ4v) is 4.73. The Labute approximate surface area is 165 Å². The predicted molar refractivity (Wildman–Crippen MR) is 109 cm³/mol. The fourth-order valence-electron chi connectivity index (χ4n) is 3.09. The minimum atomic E-state index is -3.92. The van der Waals surface area contributed by atoms with Gasteiger partial charge in [-0.1, -0.05) is 29.8 Å². The van der Waals surface area contributed by atoms with Crippen LogP contribution in [0.2, 0.25) is 0 Å². The SMILES string of the molecule is COc1ccc(N(C(C)c2cccc(C)c2)S(=O)(=O)c2ccc(F)cc2)cc1. The molecule has 0 amide bonds. The molecule has 0 aliphatic carbocycles. The Balaban J connectivity index is 2.14. The highest BCUT2D eigenvalue weighted by Gasteiger charge is 2.30. The van der Waals surface area contributed by atoms with Crippen molar-refractivity contribution < 1.29 is 17.5 Å². The van der Waals surface area contributed by atoms with Gasteiger partial charge in [0, 0.05) is 0 Å². The number of anilines is 1. The van der Waals surface area contributed by atoms with E-state index >= 15 is 0 Å². The van der Waals surface area contributed by atoms with Gasteiger partial charge in [0.2, 0.25) is 0 Å². The normalized spacial score (nSPS) is 12.4. The van der Waals surface area contributed by atoms with Crippen LogP contribution in [0.1, 0.15) is 24.1 Å². The van der Waals surface area contributed by atoms with Crippen molar-refractivity contribution in [3.8, 4) is 5.75 Å². The van der Waals surface area contributed by atoms with Crippen LogP contribution < -0.4 is 9.04 Å². The zero-order valence-corrected chi connectivity index (χ0v) is 16.8. The molecule has 1 unspecified atom stereocenters. The number of ether oxygens (including phenoxy) is 1. The summed E-state index contributed by atoms with van der Waals surface area (Å²) in [7, 11) is -2.37. The standard InChI is InChI=1S/C22H22FNO3S/c1-16-5-4-6-18(15-16)17(2)24(20-9-11-21(27-3)12-10-20)28(25,26)22-13-7-19(23)8-14-22/h4-15,17H,1-3H3. The smallest absolute Gasteiger partial charge is 0.264 e. The molecule has 0 fully saturated rings. The van der Waals surface area contributed by atoms with Gasteiger partial charge in [-0.3, -0.25) is 4.31 Å². The summed E-state index contributed by atoms with van der Waals surface area (Å²) in [4.78, 5) is 0.0317. The average molecular weight is 399 g/mol. The minimum Gasteiger partial charge on any atom is -0.497 e. The summed E-state index contributed by atoms with van der Waals surface area (Å²) in [5.74, 6) is 0.146. The summed E-state index contributed by atoms with van der Waals surface area (Å²) in [6, 6.07) is 18.9. The van der Waals surface area contributed by atoms with Gasteiger partial charge in [0.05, 0.1) is 23.7 Å². The van der Waals surface area contributed by atoms with Crippen LogP contribution in [0, 0.1) is 12.7 Å². The summed E-state index contributed by atoms with van der Waals surface area (Å²) >= 11 is 0. The monoisotopic (exact) mass is 399 g/mol. The van der Waals surface area contributed by atoms with E-state index in [2.05, 4.69) is 0 Å². The van der Waals surface area contributed by atoms with Crippen LogP contribution in [-0.4, -0.2) is 15.5 Å². The molecule has 3 rings (SSSR count). The molecule has 0 heterocycles. The van der Waals surface area contributed by atoms with Crippen molar-refractivity contribution in [3.05, 3.63) is 89.7 Å². The maximum Gasteiger partial charge on any atom is 0.264 e. The third kappa shape index (κ3) is 4.02. The van der Waals surface area contributed by atoms with Crippen LogP contribution in [0.4, 0.5) is 10.1 Å². The number of rotatable bonds is 6. The Bertz CT molecular complexity index is 1050. The molecule has 0 N–H and O–H groups in total. The molecule has 4 nitrogen and oxygen atoms in total. The highest BCUT2D eigenvalue weighted by atomic mass is 32.2. The molecule has 1 atom stereocenters. The average Bonchev–Trinajstić information content (AvgIpc) is 2.69. The van der Waals surface area contributed by atoms with Crippen molar-refractivity contribution in [2.45, 2.75) is 24.8 Å². The largest absolute Gasteiger partial charge is 0.497 e. The first-order valence-electron chi connectivity index (χ1n) is 8.83. The molecule has 146 valence electrons. The van der Waals surface area contributed by atoms with E-state index < -0.39 is 21.9 Å². The lowest BCUT2D eigenvalue weighted by Gasteiger charge is -2.31. The Hall–Kier alpha value is -2.86. The number of benzene rings is 3. The number of halogens is 1. The van der Waals surface area contributed by atoms with Gasteiger partial charge >= 0.3 is 0 Å². The molecule has 0 saturated carbocycles. The number of hydrogen-bond acceptors (Lipinski definition) is 3. The van der Waals surface area contributed by atoms with Gasteiger partial charge in [0.1, 0.15) is 11.6 Å². The number of methoxy groups -OCH3 is 1. The van der Waals surface area contributed by atoms with E-state index in [0.717, 1.165) is 23.3 Å². The Morgan fingerprint density at radius 1 is 0.964 bits per heavy atom. The molecule has 0 radical (unpaired) electrons. The Morgan fingerprint density at radius 2 is 1.61 bits per heavy atom. The molecule has 0 spiro atoms. The van der Waals surface area contributed by atoms with Crippen LogP contribution in [0.15, 0.2) is 77.7 Å². The van der Waals surface area contributed by atoms with Gasteiger partial charge in [0.15, 0.2) is 0 Å². The van der Waals surface area contributed by atoms with Gasteiger partial charge in [-0.15, -0.1) is 0 Å². The summed E-state index contributed by atoms with van der Waals surface area (Å²) < 4.78 is 46.8. The van der Waals surface area contributed by atoms with Crippen molar-refractivity contribution in [1.82, 2.24) is 0 Å². The van der Waals surface area contributed by atoms with Crippen molar-refractivity contribution in [1.29, 1.82) is 0 Å². The van der Waals surface area contributed by atoms with Crippen LogP contribution in [-0.2, 0) is 10.0 Å². The van der Waals surface area contributed by atoms with Crippen molar-refractivity contribution in [3.63, 3.8) is 0 Å². The number of sulfonamides is 1. The Morgan fingerprint density at radius 3 is 2.18 bits per heavy atom. The second-order valence-corrected chi connectivity index (χ2v) is 8.36. The lowest BCUT2D eigenvalue weighted by molar-refractivity contribution is 0.415. The number of hydrogen-bond donors (Lipinski definition) is 0. The molecule has 3 aromatic rings.